The number of fused-ring (bicyclic) bond motifs is 1. The van der Waals surface area contributed by atoms with Crippen molar-refractivity contribution in [3.05, 3.63) is 12.5 Å². The molecule has 1 atom stereocenters. The highest BCUT2D eigenvalue weighted by molar-refractivity contribution is 5.84. The number of nitrogens with two attached hydrogens (primary N) is 1. The van der Waals surface area contributed by atoms with Crippen molar-refractivity contribution in [1.82, 2.24) is 15.1 Å². The summed E-state index contributed by atoms with van der Waals surface area (Å²) in [7, 11) is 0. The minimum absolute atomic E-state index is 0.543. The molecule has 0 radical (unpaired) electrons. The molecular formula is C10H13N5O. The van der Waals surface area contributed by atoms with Crippen molar-refractivity contribution < 1.29 is 4.52 Å². The molecule has 0 aliphatic carbocycles. The van der Waals surface area contributed by atoms with Gasteiger partial charge in [-0.25, -0.2) is 4.98 Å². The van der Waals surface area contributed by atoms with Crippen LogP contribution in [0, 0.1) is 5.92 Å². The highest BCUT2D eigenvalue weighted by atomic mass is 16.5. The van der Waals surface area contributed by atoms with Crippen molar-refractivity contribution in [2.24, 2.45) is 11.7 Å². The maximum atomic E-state index is 5.68. The fourth-order valence-corrected chi connectivity index (χ4v) is 2.15. The molecule has 0 saturated carbocycles. The molecule has 0 bridgehead atoms. The van der Waals surface area contributed by atoms with Crippen LogP contribution in [0.3, 0.4) is 0 Å². The first-order valence-corrected chi connectivity index (χ1v) is 5.39. The Morgan fingerprint density at radius 2 is 2.44 bits per heavy atom. The van der Waals surface area contributed by atoms with Gasteiger partial charge in [0.1, 0.15) is 17.5 Å². The van der Waals surface area contributed by atoms with Gasteiger partial charge in [-0.15, -0.1) is 0 Å². The SMILES string of the molecule is NCC1CCN(c2ncnc3oncc23)C1. The van der Waals surface area contributed by atoms with Gasteiger partial charge in [0, 0.05) is 13.1 Å². The smallest absolute Gasteiger partial charge is 0.262 e. The van der Waals surface area contributed by atoms with E-state index in [2.05, 4.69) is 20.0 Å². The lowest BCUT2D eigenvalue weighted by Crippen LogP contribution is -2.23. The molecular weight excluding hydrogens is 206 g/mol. The first-order chi connectivity index (χ1) is 7.88. The zero-order chi connectivity index (χ0) is 11.0. The summed E-state index contributed by atoms with van der Waals surface area (Å²) in [6.07, 6.45) is 4.30. The predicted molar refractivity (Wildman–Crippen MR) is 59.0 cm³/mol. The molecule has 1 saturated heterocycles. The monoisotopic (exact) mass is 219 g/mol. The van der Waals surface area contributed by atoms with Gasteiger partial charge in [0.25, 0.3) is 5.71 Å². The van der Waals surface area contributed by atoms with Crippen LogP contribution in [0.5, 0.6) is 0 Å². The molecule has 0 spiro atoms. The van der Waals surface area contributed by atoms with Crippen LogP contribution < -0.4 is 10.6 Å². The van der Waals surface area contributed by atoms with Gasteiger partial charge in [-0.3, -0.25) is 0 Å². The van der Waals surface area contributed by atoms with E-state index in [-0.39, 0.29) is 0 Å². The molecule has 3 rings (SSSR count). The Morgan fingerprint density at radius 3 is 3.25 bits per heavy atom. The van der Waals surface area contributed by atoms with E-state index in [0.29, 0.717) is 11.6 Å². The lowest BCUT2D eigenvalue weighted by molar-refractivity contribution is 0.448. The Balaban J connectivity index is 1.97. The van der Waals surface area contributed by atoms with Crippen molar-refractivity contribution in [1.29, 1.82) is 0 Å². The van der Waals surface area contributed by atoms with Gasteiger partial charge >= 0.3 is 0 Å². The zero-order valence-electron chi connectivity index (χ0n) is 8.83. The summed E-state index contributed by atoms with van der Waals surface area (Å²) >= 11 is 0. The van der Waals surface area contributed by atoms with Crippen LogP contribution in [-0.2, 0) is 0 Å². The van der Waals surface area contributed by atoms with E-state index in [9.17, 15) is 0 Å². The third-order valence-corrected chi connectivity index (χ3v) is 3.07. The summed E-state index contributed by atoms with van der Waals surface area (Å²) in [4.78, 5) is 10.5. The molecule has 1 fully saturated rings. The Labute approximate surface area is 92.4 Å². The van der Waals surface area contributed by atoms with Crippen LogP contribution in [0.15, 0.2) is 17.0 Å². The third kappa shape index (κ3) is 1.42. The molecule has 0 amide bonds. The van der Waals surface area contributed by atoms with Crippen LogP contribution in [0.4, 0.5) is 5.82 Å². The lowest BCUT2D eigenvalue weighted by atomic mass is 10.1. The van der Waals surface area contributed by atoms with Crippen LogP contribution in [-0.4, -0.2) is 34.8 Å². The molecule has 0 aromatic carbocycles. The van der Waals surface area contributed by atoms with Crippen LogP contribution in [0.2, 0.25) is 0 Å². The third-order valence-electron chi connectivity index (χ3n) is 3.07. The number of hydrogen-bond donors (Lipinski definition) is 1. The van der Waals surface area contributed by atoms with E-state index in [1.807, 2.05) is 0 Å². The first-order valence-electron chi connectivity index (χ1n) is 5.39. The Hall–Kier alpha value is -1.69. The van der Waals surface area contributed by atoms with Gasteiger partial charge in [-0.05, 0) is 18.9 Å². The second-order valence-corrected chi connectivity index (χ2v) is 4.08. The summed E-state index contributed by atoms with van der Waals surface area (Å²) in [6, 6.07) is 0. The predicted octanol–water partition coefficient (Wildman–Crippen LogP) is 0.403. The van der Waals surface area contributed by atoms with Crippen LogP contribution in [0.1, 0.15) is 6.42 Å². The maximum absolute atomic E-state index is 5.68. The standard InChI is InChI=1S/C10H13N5O/c11-3-7-1-2-15(5-7)9-8-4-14-16-10(8)13-6-12-9/h4,6-7H,1-3,5,11H2. The van der Waals surface area contributed by atoms with Crippen LogP contribution >= 0.6 is 0 Å². The number of nitrogens with zero attached hydrogens (tertiary/aromatic N) is 4. The van der Waals surface area contributed by atoms with E-state index >= 15 is 0 Å². The maximum Gasteiger partial charge on any atom is 0.262 e. The number of aromatic nitrogens is 3. The molecule has 84 valence electrons. The minimum Gasteiger partial charge on any atom is -0.356 e. The summed E-state index contributed by atoms with van der Waals surface area (Å²) in [5, 5.41) is 4.62. The summed E-state index contributed by atoms with van der Waals surface area (Å²) in [6.45, 7) is 2.67. The fraction of sp³-hybridized carbons (Fsp3) is 0.500. The van der Waals surface area contributed by atoms with E-state index < -0.39 is 0 Å². The van der Waals surface area contributed by atoms with Crippen molar-refractivity contribution in [2.75, 3.05) is 24.5 Å². The Bertz CT molecular complexity index is 497. The van der Waals surface area contributed by atoms with Gasteiger partial charge in [0.2, 0.25) is 0 Å². The molecule has 2 N–H and O–H groups in total. The first kappa shape index (κ1) is 9.53. The molecule has 6 nitrogen and oxygen atoms in total. The van der Waals surface area contributed by atoms with Crippen molar-refractivity contribution in [3.63, 3.8) is 0 Å². The molecule has 16 heavy (non-hydrogen) atoms. The number of rotatable bonds is 2. The summed E-state index contributed by atoms with van der Waals surface area (Å²) in [5.41, 5.74) is 6.22. The summed E-state index contributed by atoms with van der Waals surface area (Å²) < 4.78 is 5.02. The topological polar surface area (TPSA) is 81.1 Å². The zero-order valence-corrected chi connectivity index (χ0v) is 8.83. The van der Waals surface area contributed by atoms with Gasteiger partial charge in [0.15, 0.2) is 0 Å². The second-order valence-electron chi connectivity index (χ2n) is 4.08. The molecule has 1 unspecified atom stereocenters. The Morgan fingerprint density at radius 1 is 1.50 bits per heavy atom. The normalized spacial score (nSPS) is 20.8. The molecule has 3 heterocycles. The molecule has 1 aliphatic rings. The molecule has 2 aromatic rings. The summed E-state index contributed by atoms with van der Waals surface area (Å²) in [5.74, 6) is 1.46. The van der Waals surface area contributed by atoms with Crippen molar-refractivity contribution >= 4 is 16.9 Å². The van der Waals surface area contributed by atoms with Gasteiger partial charge in [0.05, 0.1) is 6.20 Å². The largest absolute Gasteiger partial charge is 0.356 e. The average Bonchev–Trinajstić information content (AvgIpc) is 2.97. The average molecular weight is 219 g/mol. The molecule has 2 aromatic heterocycles. The second kappa shape index (κ2) is 3.71. The molecule has 6 heteroatoms. The van der Waals surface area contributed by atoms with Crippen molar-refractivity contribution in [3.8, 4) is 0 Å². The van der Waals surface area contributed by atoms with Crippen molar-refractivity contribution in [2.45, 2.75) is 6.42 Å². The van der Waals surface area contributed by atoms with E-state index in [4.69, 9.17) is 10.3 Å². The lowest BCUT2D eigenvalue weighted by Gasteiger charge is -2.16. The highest BCUT2D eigenvalue weighted by Gasteiger charge is 2.24. The quantitative estimate of drug-likeness (QED) is 0.787. The van der Waals surface area contributed by atoms with E-state index in [1.54, 1.807) is 6.20 Å². The Kier molecular flexibility index (Phi) is 2.21. The highest BCUT2D eigenvalue weighted by Crippen LogP contribution is 2.27. The number of hydrogen-bond acceptors (Lipinski definition) is 6. The number of anilines is 1. The minimum atomic E-state index is 0.543. The van der Waals surface area contributed by atoms with E-state index in [0.717, 1.165) is 37.3 Å². The molecule has 1 aliphatic heterocycles. The van der Waals surface area contributed by atoms with E-state index in [1.165, 1.54) is 6.33 Å². The van der Waals surface area contributed by atoms with Gasteiger partial charge in [-0.1, -0.05) is 5.16 Å². The van der Waals surface area contributed by atoms with Gasteiger partial charge < -0.3 is 15.2 Å². The van der Waals surface area contributed by atoms with Crippen LogP contribution in [0.25, 0.3) is 11.1 Å². The fourth-order valence-electron chi connectivity index (χ4n) is 2.15. The van der Waals surface area contributed by atoms with Gasteiger partial charge in [-0.2, -0.15) is 4.98 Å².